The molecule has 6 heteroatoms. The van der Waals surface area contributed by atoms with Crippen LogP contribution >= 0.6 is 15.9 Å². The third-order valence-corrected chi connectivity index (χ3v) is 3.80. The highest BCUT2D eigenvalue weighted by Crippen LogP contribution is 2.22. The van der Waals surface area contributed by atoms with Gasteiger partial charge in [0.25, 0.3) is 5.91 Å². The zero-order valence-electron chi connectivity index (χ0n) is 10.7. The Morgan fingerprint density at radius 1 is 1.35 bits per heavy atom. The first-order chi connectivity index (χ1) is 9.74. The van der Waals surface area contributed by atoms with Crippen molar-refractivity contribution in [1.29, 1.82) is 0 Å². The van der Waals surface area contributed by atoms with Crippen LogP contribution in [0.4, 0.5) is 0 Å². The number of fused-ring (bicyclic) bond motifs is 1. The highest BCUT2D eigenvalue weighted by atomic mass is 79.9. The lowest BCUT2D eigenvalue weighted by Crippen LogP contribution is -2.19. The van der Waals surface area contributed by atoms with Crippen molar-refractivity contribution in [3.8, 4) is 0 Å². The average molecular weight is 333 g/mol. The molecule has 0 spiro atoms. The summed E-state index contributed by atoms with van der Waals surface area (Å²) >= 11 is 3.37. The summed E-state index contributed by atoms with van der Waals surface area (Å²) in [4.78, 5) is 12.0. The second-order valence-electron chi connectivity index (χ2n) is 4.63. The maximum atomic E-state index is 12.0. The van der Waals surface area contributed by atoms with Gasteiger partial charge in [0.05, 0.1) is 6.21 Å². The number of aryl methyl sites for hydroxylation is 1. The van der Waals surface area contributed by atoms with Crippen LogP contribution in [0.5, 0.6) is 0 Å². The normalized spacial score (nSPS) is 13.7. The summed E-state index contributed by atoms with van der Waals surface area (Å²) in [7, 11) is 0. The first kappa shape index (κ1) is 13.1. The molecule has 2 aromatic rings. The van der Waals surface area contributed by atoms with Crippen molar-refractivity contribution in [2.45, 2.75) is 19.3 Å². The molecule has 1 aliphatic rings. The summed E-state index contributed by atoms with van der Waals surface area (Å²) < 4.78 is 1.01. The van der Waals surface area contributed by atoms with E-state index in [-0.39, 0.29) is 5.91 Å². The summed E-state index contributed by atoms with van der Waals surface area (Å²) in [6.45, 7) is 0. The second-order valence-corrected chi connectivity index (χ2v) is 5.55. The van der Waals surface area contributed by atoms with E-state index >= 15 is 0 Å². The van der Waals surface area contributed by atoms with Crippen molar-refractivity contribution >= 4 is 28.1 Å². The SMILES string of the molecule is O=C(NN=Cc1ccc(Br)cc1)c1n[nH]c2c1CCC2. The Morgan fingerprint density at radius 2 is 2.15 bits per heavy atom. The number of nitrogens with zero attached hydrogens (tertiary/aromatic N) is 2. The van der Waals surface area contributed by atoms with Gasteiger partial charge in [-0.15, -0.1) is 0 Å². The number of hydrazone groups is 1. The van der Waals surface area contributed by atoms with Crippen molar-refractivity contribution in [1.82, 2.24) is 15.6 Å². The van der Waals surface area contributed by atoms with Crippen LogP contribution in [-0.2, 0) is 12.8 Å². The number of H-pyrrole nitrogens is 1. The van der Waals surface area contributed by atoms with Gasteiger partial charge in [-0.3, -0.25) is 9.89 Å². The molecule has 102 valence electrons. The van der Waals surface area contributed by atoms with Gasteiger partial charge in [-0.2, -0.15) is 10.2 Å². The molecule has 0 unspecified atom stereocenters. The molecule has 1 aromatic carbocycles. The van der Waals surface area contributed by atoms with Crippen LogP contribution in [-0.4, -0.2) is 22.3 Å². The maximum absolute atomic E-state index is 12.0. The number of hydrogen-bond donors (Lipinski definition) is 2. The number of carbonyl (C=O) groups is 1. The largest absolute Gasteiger partial charge is 0.292 e. The monoisotopic (exact) mass is 332 g/mol. The van der Waals surface area contributed by atoms with E-state index in [4.69, 9.17) is 0 Å². The number of benzene rings is 1. The molecule has 1 aromatic heterocycles. The smallest absolute Gasteiger partial charge is 0.281 e. The molecule has 0 saturated heterocycles. The first-order valence-electron chi connectivity index (χ1n) is 6.39. The molecular weight excluding hydrogens is 320 g/mol. The van der Waals surface area contributed by atoms with Crippen LogP contribution in [0.1, 0.15) is 33.7 Å². The third kappa shape index (κ3) is 2.65. The second kappa shape index (κ2) is 5.58. The Morgan fingerprint density at radius 3 is 2.95 bits per heavy atom. The molecule has 0 fully saturated rings. The zero-order valence-corrected chi connectivity index (χ0v) is 12.3. The number of rotatable bonds is 3. The molecule has 2 N–H and O–H groups in total. The average Bonchev–Trinajstić information content (AvgIpc) is 3.03. The predicted molar refractivity (Wildman–Crippen MR) is 79.8 cm³/mol. The summed E-state index contributed by atoms with van der Waals surface area (Å²) in [6, 6.07) is 7.66. The minimum Gasteiger partial charge on any atom is -0.281 e. The van der Waals surface area contributed by atoms with E-state index in [0.717, 1.165) is 40.6 Å². The number of amides is 1. The Kier molecular flexibility index (Phi) is 3.64. The van der Waals surface area contributed by atoms with Gasteiger partial charge in [-0.1, -0.05) is 28.1 Å². The lowest BCUT2D eigenvalue weighted by atomic mass is 10.2. The Bertz CT molecular complexity index is 660. The topological polar surface area (TPSA) is 70.1 Å². The summed E-state index contributed by atoms with van der Waals surface area (Å²) in [5.74, 6) is -0.266. The van der Waals surface area contributed by atoms with E-state index in [9.17, 15) is 4.79 Å². The van der Waals surface area contributed by atoms with Crippen molar-refractivity contribution in [3.63, 3.8) is 0 Å². The molecule has 3 rings (SSSR count). The predicted octanol–water partition coefficient (Wildman–Crippen LogP) is 2.42. The lowest BCUT2D eigenvalue weighted by Gasteiger charge is -1.98. The molecule has 1 heterocycles. The van der Waals surface area contributed by atoms with Crippen LogP contribution in [0.25, 0.3) is 0 Å². The van der Waals surface area contributed by atoms with Crippen molar-refractivity contribution < 1.29 is 4.79 Å². The molecule has 0 bridgehead atoms. The van der Waals surface area contributed by atoms with Gasteiger partial charge in [-0.25, -0.2) is 5.43 Å². The summed E-state index contributed by atoms with van der Waals surface area (Å²) in [5.41, 5.74) is 6.00. The van der Waals surface area contributed by atoms with Crippen LogP contribution < -0.4 is 5.43 Å². The van der Waals surface area contributed by atoms with Gasteiger partial charge in [0.2, 0.25) is 0 Å². The minimum absolute atomic E-state index is 0.266. The van der Waals surface area contributed by atoms with Crippen LogP contribution in [0.3, 0.4) is 0 Å². The fourth-order valence-corrected chi connectivity index (χ4v) is 2.54. The van der Waals surface area contributed by atoms with Gasteiger partial charge in [0, 0.05) is 15.7 Å². The Labute approximate surface area is 124 Å². The zero-order chi connectivity index (χ0) is 13.9. The molecule has 5 nitrogen and oxygen atoms in total. The van der Waals surface area contributed by atoms with E-state index in [1.807, 2.05) is 24.3 Å². The van der Waals surface area contributed by atoms with Crippen molar-refractivity contribution in [2.24, 2.45) is 5.10 Å². The standard InChI is InChI=1S/C14H13BrN4O/c15-10-6-4-9(5-7-10)8-16-19-14(20)13-11-2-1-3-12(11)17-18-13/h4-8H,1-3H2,(H,17,18)(H,19,20). The van der Waals surface area contributed by atoms with E-state index in [1.54, 1.807) is 6.21 Å². The number of hydrogen-bond acceptors (Lipinski definition) is 3. The van der Waals surface area contributed by atoms with E-state index < -0.39 is 0 Å². The fraction of sp³-hybridized carbons (Fsp3) is 0.214. The van der Waals surface area contributed by atoms with Gasteiger partial charge in [-0.05, 0) is 37.0 Å². The number of carbonyl (C=O) groups excluding carboxylic acids is 1. The number of halogens is 1. The molecule has 0 atom stereocenters. The summed E-state index contributed by atoms with van der Waals surface area (Å²) in [6.07, 6.45) is 4.56. The van der Waals surface area contributed by atoms with E-state index in [1.165, 1.54) is 0 Å². The number of aromatic nitrogens is 2. The molecule has 0 saturated carbocycles. The summed E-state index contributed by atoms with van der Waals surface area (Å²) in [5, 5.41) is 10.9. The van der Waals surface area contributed by atoms with Gasteiger partial charge >= 0.3 is 0 Å². The van der Waals surface area contributed by atoms with Gasteiger partial charge in [0.15, 0.2) is 5.69 Å². The molecule has 1 amide bonds. The molecule has 1 aliphatic carbocycles. The molecule has 0 aliphatic heterocycles. The van der Waals surface area contributed by atoms with Crippen molar-refractivity contribution in [3.05, 3.63) is 51.3 Å². The molecule has 0 radical (unpaired) electrons. The van der Waals surface area contributed by atoms with E-state index in [2.05, 4.69) is 36.7 Å². The van der Waals surface area contributed by atoms with Gasteiger partial charge < -0.3 is 0 Å². The Balaban J connectivity index is 1.66. The highest BCUT2D eigenvalue weighted by molar-refractivity contribution is 9.10. The molecule has 20 heavy (non-hydrogen) atoms. The highest BCUT2D eigenvalue weighted by Gasteiger charge is 2.22. The van der Waals surface area contributed by atoms with Crippen LogP contribution in [0.2, 0.25) is 0 Å². The van der Waals surface area contributed by atoms with Crippen molar-refractivity contribution in [2.75, 3.05) is 0 Å². The van der Waals surface area contributed by atoms with E-state index in [0.29, 0.717) is 5.69 Å². The maximum Gasteiger partial charge on any atom is 0.292 e. The lowest BCUT2D eigenvalue weighted by molar-refractivity contribution is 0.0949. The third-order valence-electron chi connectivity index (χ3n) is 3.27. The quantitative estimate of drug-likeness (QED) is 0.669. The van der Waals surface area contributed by atoms with Gasteiger partial charge in [0.1, 0.15) is 0 Å². The molecular formula is C14H13BrN4O. The fourth-order valence-electron chi connectivity index (χ4n) is 2.27. The Hall–Kier alpha value is -1.95. The minimum atomic E-state index is -0.266. The number of nitrogens with one attached hydrogen (secondary N) is 2. The number of aromatic amines is 1. The first-order valence-corrected chi connectivity index (χ1v) is 7.18. The van der Waals surface area contributed by atoms with Crippen LogP contribution in [0.15, 0.2) is 33.8 Å². The van der Waals surface area contributed by atoms with Crippen LogP contribution in [0, 0.1) is 0 Å².